The Morgan fingerprint density at radius 1 is 1.03 bits per heavy atom. The first-order valence-corrected chi connectivity index (χ1v) is 12.3. The third kappa shape index (κ3) is 4.37. The van der Waals surface area contributed by atoms with Crippen LogP contribution in [0.15, 0.2) is 48.5 Å². The van der Waals surface area contributed by atoms with E-state index in [0.717, 1.165) is 16.4 Å². The second-order valence-electron chi connectivity index (χ2n) is 9.05. The first kappa shape index (κ1) is 24.4. The van der Waals surface area contributed by atoms with E-state index in [1.54, 1.807) is 37.3 Å². The van der Waals surface area contributed by atoms with Crippen LogP contribution in [0, 0.1) is 17.8 Å². The predicted molar refractivity (Wildman–Crippen MR) is 129 cm³/mol. The molecular formula is C26H26Cl2N2O4. The van der Waals surface area contributed by atoms with E-state index in [1.165, 1.54) is 18.2 Å². The number of ketones is 1. The SMILES string of the molecule is CC[C@H](C(=O)c1ccccc1)N(C(=O)c1ccc(Cl)cc1Cl)N1C(=O)[C@H]2C[C@@H](C)CC[C@H]2C1=O. The van der Waals surface area contributed by atoms with Gasteiger partial charge in [-0.2, -0.15) is 5.01 Å². The summed E-state index contributed by atoms with van der Waals surface area (Å²) in [6.07, 6.45) is 2.21. The van der Waals surface area contributed by atoms with E-state index in [9.17, 15) is 19.2 Å². The number of Topliss-reactive ketones (excluding diaryl/α,β-unsaturated/α-hetero) is 1. The Morgan fingerprint density at radius 2 is 1.71 bits per heavy atom. The lowest BCUT2D eigenvalue weighted by Crippen LogP contribution is -2.57. The monoisotopic (exact) mass is 500 g/mol. The third-order valence-corrected chi connectivity index (χ3v) is 7.34. The molecule has 2 aromatic carbocycles. The maximum Gasteiger partial charge on any atom is 0.275 e. The first-order valence-electron chi connectivity index (χ1n) is 11.5. The van der Waals surface area contributed by atoms with Gasteiger partial charge >= 0.3 is 0 Å². The van der Waals surface area contributed by atoms with E-state index in [4.69, 9.17) is 23.2 Å². The van der Waals surface area contributed by atoms with Crippen LogP contribution in [0.5, 0.6) is 0 Å². The number of imide groups is 1. The summed E-state index contributed by atoms with van der Waals surface area (Å²) in [6, 6.07) is 11.8. The lowest BCUT2D eigenvalue weighted by atomic mass is 9.76. The van der Waals surface area contributed by atoms with E-state index in [2.05, 4.69) is 6.92 Å². The number of nitrogens with zero attached hydrogens (tertiary/aromatic N) is 2. The average Bonchev–Trinajstić information content (AvgIpc) is 3.06. The number of carbonyl (C=O) groups is 4. The van der Waals surface area contributed by atoms with Crippen molar-refractivity contribution in [3.8, 4) is 0 Å². The molecule has 3 amide bonds. The number of hydrogen-bond donors (Lipinski definition) is 0. The Labute approximate surface area is 208 Å². The van der Waals surface area contributed by atoms with Gasteiger partial charge in [0.1, 0.15) is 6.04 Å². The quantitative estimate of drug-likeness (QED) is 0.391. The van der Waals surface area contributed by atoms with Crippen LogP contribution < -0.4 is 0 Å². The van der Waals surface area contributed by atoms with Gasteiger partial charge in [0.15, 0.2) is 5.78 Å². The van der Waals surface area contributed by atoms with Crippen molar-refractivity contribution >= 4 is 46.7 Å². The molecule has 0 N–H and O–H groups in total. The second kappa shape index (κ2) is 9.88. The Balaban J connectivity index is 1.81. The van der Waals surface area contributed by atoms with E-state index in [0.29, 0.717) is 29.3 Å². The molecule has 8 heteroatoms. The number of benzene rings is 2. The summed E-state index contributed by atoms with van der Waals surface area (Å²) in [4.78, 5) is 54.4. The van der Waals surface area contributed by atoms with Gasteiger partial charge in [-0.3, -0.25) is 19.2 Å². The van der Waals surface area contributed by atoms with Crippen molar-refractivity contribution in [3.05, 3.63) is 69.7 Å². The summed E-state index contributed by atoms with van der Waals surface area (Å²) in [5.74, 6) is -2.57. The highest BCUT2D eigenvalue weighted by Crippen LogP contribution is 2.42. The van der Waals surface area contributed by atoms with Crippen molar-refractivity contribution < 1.29 is 19.2 Å². The highest BCUT2D eigenvalue weighted by Gasteiger charge is 2.54. The maximum atomic E-state index is 13.9. The molecule has 34 heavy (non-hydrogen) atoms. The molecule has 1 aliphatic carbocycles. The van der Waals surface area contributed by atoms with Gasteiger partial charge in [-0.25, -0.2) is 5.01 Å². The zero-order valence-corrected chi connectivity index (χ0v) is 20.6. The van der Waals surface area contributed by atoms with Gasteiger partial charge in [-0.1, -0.05) is 67.4 Å². The van der Waals surface area contributed by atoms with Crippen molar-refractivity contribution in [2.75, 3.05) is 0 Å². The van der Waals surface area contributed by atoms with Crippen LogP contribution >= 0.6 is 23.2 Å². The van der Waals surface area contributed by atoms with Crippen molar-refractivity contribution in [2.45, 2.75) is 45.6 Å². The standard InChI is InChI=1S/C26H26Cl2N2O4/c1-3-22(23(31)16-7-5-4-6-8-16)29(25(33)19-12-10-17(27)14-21(19)28)30-24(32)18-11-9-15(2)13-20(18)26(30)34/h4-8,10,12,14-15,18,20,22H,3,9,11,13H2,1-2H3/t15-,18+,20-,22+/m0/s1. The topological polar surface area (TPSA) is 74.8 Å². The van der Waals surface area contributed by atoms with E-state index < -0.39 is 35.6 Å². The minimum atomic E-state index is -1.06. The maximum absolute atomic E-state index is 13.9. The Hall–Kier alpha value is -2.70. The minimum Gasteiger partial charge on any atom is -0.292 e. The van der Waals surface area contributed by atoms with Crippen LogP contribution in [0.3, 0.4) is 0 Å². The zero-order chi connectivity index (χ0) is 24.6. The molecule has 178 valence electrons. The van der Waals surface area contributed by atoms with Gasteiger partial charge in [-0.05, 0) is 49.8 Å². The summed E-state index contributed by atoms with van der Waals surface area (Å²) in [5.41, 5.74) is 0.453. The molecule has 1 heterocycles. The van der Waals surface area contributed by atoms with Crippen molar-refractivity contribution in [1.82, 2.24) is 10.0 Å². The predicted octanol–water partition coefficient (Wildman–Crippen LogP) is 5.43. The number of rotatable bonds is 6. The average molecular weight is 501 g/mol. The smallest absolute Gasteiger partial charge is 0.275 e. The minimum absolute atomic E-state index is 0.0641. The van der Waals surface area contributed by atoms with Crippen LogP contribution in [0.2, 0.25) is 10.0 Å². The van der Waals surface area contributed by atoms with Gasteiger partial charge in [0.2, 0.25) is 0 Å². The first-order chi connectivity index (χ1) is 16.2. The highest BCUT2D eigenvalue weighted by atomic mass is 35.5. The lowest BCUT2D eigenvalue weighted by Gasteiger charge is -2.36. The fourth-order valence-electron chi connectivity index (χ4n) is 5.01. The van der Waals surface area contributed by atoms with Gasteiger partial charge in [0.25, 0.3) is 17.7 Å². The summed E-state index contributed by atoms with van der Waals surface area (Å²) in [5, 5.41) is 2.39. The van der Waals surface area contributed by atoms with Gasteiger partial charge in [0.05, 0.1) is 22.4 Å². The molecule has 0 aromatic heterocycles. The summed E-state index contributed by atoms with van der Waals surface area (Å²) >= 11 is 12.3. The molecule has 6 nitrogen and oxygen atoms in total. The number of halogens is 2. The number of fused-ring (bicyclic) bond motifs is 1. The fraction of sp³-hybridized carbons (Fsp3) is 0.385. The summed E-state index contributed by atoms with van der Waals surface area (Å²) in [7, 11) is 0. The number of carbonyl (C=O) groups excluding carboxylic acids is 4. The van der Waals surface area contributed by atoms with Crippen LogP contribution in [0.25, 0.3) is 0 Å². The highest BCUT2D eigenvalue weighted by molar-refractivity contribution is 6.36. The summed E-state index contributed by atoms with van der Waals surface area (Å²) in [6.45, 7) is 3.80. The van der Waals surface area contributed by atoms with Crippen molar-refractivity contribution in [3.63, 3.8) is 0 Å². The lowest BCUT2D eigenvalue weighted by molar-refractivity contribution is -0.156. The summed E-state index contributed by atoms with van der Waals surface area (Å²) < 4.78 is 0. The Kier molecular flexibility index (Phi) is 7.10. The van der Waals surface area contributed by atoms with Gasteiger partial charge in [-0.15, -0.1) is 0 Å². The normalized spacial score (nSPS) is 22.9. The molecule has 2 fully saturated rings. The fourth-order valence-corrected chi connectivity index (χ4v) is 5.50. The Morgan fingerprint density at radius 3 is 2.35 bits per heavy atom. The van der Waals surface area contributed by atoms with Gasteiger partial charge in [0, 0.05) is 10.6 Å². The third-order valence-electron chi connectivity index (χ3n) is 6.79. The van der Waals surface area contributed by atoms with Crippen molar-refractivity contribution in [1.29, 1.82) is 0 Å². The number of hydrogen-bond acceptors (Lipinski definition) is 4. The molecule has 0 radical (unpaired) electrons. The molecule has 2 aromatic rings. The molecule has 2 aliphatic rings. The number of amides is 3. The van der Waals surface area contributed by atoms with E-state index in [1.807, 2.05) is 0 Å². The molecule has 1 saturated carbocycles. The molecule has 0 bridgehead atoms. The van der Waals surface area contributed by atoms with Crippen molar-refractivity contribution in [2.24, 2.45) is 17.8 Å². The molecule has 4 rings (SSSR count). The van der Waals surface area contributed by atoms with E-state index >= 15 is 0 Å². The zero-order valence-electron chi connectivity index (χ0n) is 19.0. The second-order valence-corrected chi connectivity index (χ2v) is 9.89. The van der Waals surface area contributed by atoms with Crippen LogP contribution in [0.4, 0.5) is 0 Å². The molecule has 1 aliphatic heterocycles. The van der Waals surface area contributed by atoms with Gasteiger partial charge < -0.3 is 0 Å². The molecule has 0 unspecified atom stereocenters. The Bertz CT molecular complexity index is 1140. The van der Waals surface area contributed by atoms with Crippen LogP contribution in [-0.4, -0.2) is 39.6 Å². The molecule has 1 saturated heterocycles. The molecule has 0 spiro atoms. The molecule has 4 atom stereocenters. The van der Waals surface area contributed by atoms with Crippen LogP contribution in [-0.2, 0) is 9.59 Å². The number of hydrazine groups is 1. The largest absolute Gasteiger partial charge is 0.292 e. The molecular weight excluding hydrogens is 475 g/mol. The van der Waals surface area contributed by atoms with E-state index in [-0.39, 0.29) is 22.8 Å². The van der Waals surface area contributed by atoms with Crippen LogP contribution in [0.1, 0.15) is 60.2 Å².